The van der Waals surface area contributed by atoms with E-state index in [1.165, 1.54) is 5.56 Å². The first-order valence-electron chi connectivity index (χ1n) is 8.24. The Morgan fingerprint density at radius 3 is 2.87 bits per heavy atom. The number of carbonyl (C=O) groups excluding carboxylic acids is 2. The average Bonchev–Trinajstić information content (AvgIpc) is 3.02. The zero-order valence-electron chi connectivity index (χ0n) is 14.0. The summed E-state index contributed by atoms with van der Waals surface area (Å²) in [6, 6.07) is 8.06. The van der Waals surface area contributed by atoms with Gasteiger partial charge in [0.15, 0.2) is 0 Å². The van der Waals surface area contributed by atoms with Gasteiger partial charge in [0.1, 0.15) is 0 Å². The van der Waals surface area contributed by atoms with Crippen molar-refractivity contribution in [2.75, 3.05) is 19.7 Å². The molecule has 1 aliphatic rings. The predicted octanol–water partition coefficient (Wildman–Crippen LogP) is 2.03. The number of aryl methyl sites for hydroxylation is 1. The van der Waals surface area contributed by atoms with Crippen molar-refractivity contribution in [1.82, 2.24) is 10.2 Å². The summed E-state index contributed by atoms with van der Waals surface area (Å²) in [5, 5.41) is 2.91. The van der Waals surface area contributed by atoms with E-state index in [2.05, 4.69) is 11.4 Å². The minimum absolute atomic E-state index is 0.00742. The van der Waals surface area contributed by atoms with E-state index in [1.54, 1.807) is 11.8 Å². The number of nitrogens with one attached hydrogen (secondary N) is 1. The lowest BCUT2D eigenvalue weighted by molar-refractivity contribution is -0.131. The fourth-order valence-electron chi connectivity index (χ4n) is 2.76. The summed E-state index contributed by atoms with van der Waals surface area (Å²) < 4.78 is 5.56. The molecule has 5 heteroatoms. The quantitative estimate of drug-likeness (QED) is 0.837. The molecule has 1 aliphatic heterocycles. The van der Waals surface area contributed by atoms with Crippen LogP contribution in [0.4, 0.5) is 0 Å². The summed E-state index contributed by atoms with van der Waals surface area (Å²) in [6.45, 7) is 5.88. The summed E-state index contributed by atoms with van der Waals surface area (Å²) in [6.07, 6.45) is 2.48. The molecule has 1 heterocycles. The molecule has 1 N–H and O–H groups in total. The van der Waals surface area contributed by atoms with Gasteiger partial charge in [-0.15, -0.1) is 0 Å². The maximum Gasteiger partial charge on any atom is 0.222 e. The van der Waals surface area contributed by atoms with Gasteiger partial charge in [0, 0.05) is 39.6 Å². The van der Waals surface area contributed by atoms with Crippen LogP contribution in [0.15, 0.2) is 24.3 Å². The summed E-state index contributed by atoms with van der Waals surface area (Å²) >= 11 is 0. The molecule has 1 atom stereocenters. The van der Waals surface area contributed by atoms with Crippen molar-refractivity contribution in [1.29, 1.82) is 0 Å². The van der Waals surface area contributed by atoms with E-state index < -0.39 is 0 Å². The van der Waals surface area contributed by atoms with Gasteiger partial charge in [0.2, 0.25) is 11.8 Å². The van der Waals surface area contributed by atoms with Crippen LogP contribution in [0.1, 0.15) is 37.3 Å². The van der Waals surface area contributed by atoms with E-state index in [0.29, 0.717) is 26.1 Å². The van der Waals surface area contributed by atoms with Gasteiger partial charge in [-0.3, -0.25) is 9.59 Å². The minimum Gasteiger partial charge on any atom is -0.376 e. The molecule has 0 spiro atoms. The van der Waals surface area contributed by atoms with E-state index in [4.69, 9.17) is 4.74 Å². The third kappa shape index (κ3) is 6.02. The molecule has 1 aromatic carbocycles. The maximum atomic E-state index is 12.0. The van der Waals surface area contributed by atoms with Crippen LogP contribution < -0.4 is 5.32 Å². The second-order valence-electron chi connectivity index (χ2n) is 6.12. The standard InChI is InChI=1S/C18H26N2O3/c1-14-5-3-6-16(11-14)12-19-18(22)8-9-20(15(2)21)13-17-7-4-10-23-17/h3,5-6,11,17H,4,7-10,12-13H2,1-2H3,(H,19,22). The number of nitrogens with zero attached hydrogens (tertiary/aromatic N) is 1. The fourth-order valence-corrected chi connectivity index (χ4v) is 2.76. The van der Waals surface area contributed by atoms with Crippen molar-refractivity contribution < 1.29 is 14.3 Å². The van der Waals surface area contributed by atoms with Crippen LogP contribution in [-0.2, 0) is 20.9 Å². The van der Waals surface area contributed by atoms with Crippen LogP contribution in [0, 0.1) is 6.92 Å². The second-order valence-corrected chi connectivity index (χ2v) is 6.12. The molecule has 0 radical (unpaired) electrons. The normalized spacial score (nSPS) is 17.0. The highest BCUT2D eigenvalue weighted by Crippen LogP contribution is 2.13. The number of hydrogen-bond donors (Lipinski definition) is 1. The van der Waals surface area contributed by atoms with E-state index in [0.717, 1.165) is 25.0 Å². The second kappa shape index (κ2) is 8.67. The smallest absolute Gasteiger partial charge is 0.222 e. The Kier molecular flexibility index (Phi) is 6.59. The summed E-state index contributed by atoms with van der Waals surface area (Å²) in [7, 11) is 0. The molecule has 126 valence electrons. The maximum absolute atomic E-state index is 12.0. The molecule has 0 saturated carbocycles. The Morgan fingerprint density at radius 1 is 1.39 bits per heavy atom. The zero-order valence-corrected chi connectivity index (χ0v) is 14.0. The van der Waals surface area contributed by atoms with Crippen LogP contribution in [0.2, 0.25) is 0 Å². The number of rotatable bonds is 7. The summed E-state index contributed by atoms with van der Waals surface area (Å²) in [4.78, 5) is 25.4. The van der Waals surface area contributed by atoms with Gasteiger partial charge in [-0.2, -0.15) is 0 Å². The van der Waals surface area contributed by atoms with Crippen molar-refractivity contribution >= 4 is 11.8 Å². The minimum atomic E-state index is -0.0369. The van der Waals surface area contributed by atoms with Crippen LogP contribution in [0.5, 0.6) is 0 Å². The highest BCUT2D eigenvalue weighted by atomic mass is 16.5. The van der Waals surface area contributed by atoms with Gasteiger partial charge < -0.3 is 15.0 Å². The number of amides is 2. The molecule has 5 nitrogen and oxygen atoms in total. The van der Waals surface area contributed by atoms with Gasteiger partial charge in [-0.25, -0.2) is 0 Å². The fraction of sp³-hybridized carbons (Fsp3) is 0.556. The number of benzene rings is 1. The summed E-state index contributed by atoms with van der Waals surface area (Å²) in [5.41, 5.74) is 2.26. The third-order valence-corrected chi connectivity index (χ3v) is 4.07. The lowest BCUT2D eigenvalue weighted by Crippen LogP contribution is -2.38. The van der Waals surface area contributed by atoms with Crippen molar-refractivity contribution in [3.63, 3.8) is 0 Å². The average molecular weight is 318 g/mol. The van der Waals surface area contributed by atoms with Gasteiger partial charge in [0.05, 0.1) is 6.10 Å². The lowest BCUT2D eigenvalue weighted by atomic mass is 10.1. The number of carbonyl (C=O) groups is 2. The highest BCUT2D eigenvalue weighted by molar-refractivity contribution is 5.78. The number of ether oxygens (including phenoxy) is 1. The first-order chi connectivity index (χ1) is 11.0. The molecule has 1 fully saturated rings. The molecule has 0 bridgehead atoms. The van der Waals surface area contributed by atoms with Crippen LogP contribution in [-0.4, -0.2) is 42.5 Å². The molecule has 2 rings (SSSR count). The molecule has 2 amide bonds. The number of hydrogen-bond acceptors (Lipinski definition) is 3. The first kappa shape index (κ1) is 17.5. The molecular weight excluding hydrogens is 292 g/mol. The van der Waals surface area contributed by atoms with Crippen molar-refractivity contribution in [2.45, 2.75) is 45.8 Å². The zero-order chi connectivity index (χ0) is 16.7. The SMILES string of the molecule is CC(=O)N(CCC(=O)NCc1cccc(C)c1)CC1CCCO1. The van der Waals surface area contributed by atoms with Crippen LogP contribution in [0.25, 0.3) is 0 Å². The Hall–Kier alpha value is -1.88. The van der Waals surface area contributed by atoms with Crippen molar-refractivity contribution in [3.05, 3.63) is 35.4 Å². The molecule has 1 saturated heterocycles. The molecular formula is C18H26N2O3. The van der Waals surface area contributed by atoms with Crippen LogP contribution >= 0.6 is 0 Å². The van der Waals surface area contributed by atoms with Crippen LogP contribution in [0.3, 0.4) is 0 Å². The highest BCUT2D eigenvalue weighted by Gasteiger charge is 2.21. The Morgan fingerprint density at radius 2 is 2.22 bits per heavy atom. The Labute approximate surface area is 138 Å². The van der Waals surface area contributed by atoms with Crippen molar-refractivity contribution in [2.24, 2.45) is 0 Å². The van der Waals surface area contributed by atoms with E-state index in [9.17, 15) is 9.59 Å². The topological polar surface area (TPSA) is 58.6 Å². The summed E-state index contributed by atoms with van der Waals surface area (Å²) in [5.74, 6) is -0.0444. The third-order valence-electron chi connectivity index (χ3n) is 4.07. The predicted molar refractivity (Wildman–Crippen MR) is 88.9 cm³/mol. The largest absolute Gasteiger partial charge is 0.376 e. The molecule has 1 unspecified atom stereocenters. The Bertz CT molecular complexity index is 539. The van der Waals surface area contributed by atoms with Gasteiger partial charge >= 0.3 is 0 Å². The van der Waals surface area contributed by atoms with Gasteiger partial charge in [-0.1, -0.05) is 29.8 Å². The Balaban J connectivity index is 1.73. The molecule has 1 aromatic rings. The van der Waals surface area contributed by atoms with E-state index in [1.807, 2.05) is 25.1 Å². The first-order valence-corrected chi connectivity index (χ1v) is 8.24. The lowest BCUT2D eigenvalue weighted by Gasteiger charge is -2.23. The van der Waals surface area contributed by atoms with E-state index in [-0.39, 0.29) is 17.9 Å². The van der Waals surface area contributed by atoms with Crippen molar-refractivity contribution in [3.8, 4) is 0 Å². The van der Waals surface area contributed by atoms with E-state index >= 15 is 0 Å². The van der Waals surface area contributed by atoms with Gasteiger partial charge in [0.25, 0.3) is 0 Å². The molecule has 23 heavy (non-hydrogen) atoms. The monoisotopic (exact) mass is 318 g/mol. The molecule has 0 aliphatic carbocycles. The molecule has 0 aromatic heterocycles. The van der Waals surface area contributed by atoms with Gasteiger partial charge in [-0.05, 0) is 25.3 Å².